The Balaban J connectivity index is 1.53. The molecule has 0 saturated carbocycles. The number of nitrogens with zero attached hydrogens (tertiary/aromatic N) is 1. The van der Waals surface area contributed by atoms with E-state index in [1.807, 2.05) is 31.2 Å². The van der Waals surface area contributed by atoms with Gasteiger partial charge in [-0.3, -0.25) is 9.59 Å². The van der Waals surface area contributed by atoms with E-state index in [4.69, 9.17) is 0 Å². The Labute approximate surface area is 158 Å². The summed E-state index contributed by atoms with van der Waals surface area (Å²) in [5, 5.41) is 2.85. The molecular formula is C21H25FN3O2+. The van der Waals surface area contributed by atoms with Gasteiger partial charge in [-0.15, -0.1) is 0 Å². The van der Waals surface area contributed by atoms with Crippen molar-refractivity contribution in [1.29, 1.82) is 0 Å². The molecule has 1 atom stereocenters. The van der Waals surface area contributed by atoms with Gasteiger partial charge in [-0.25, -0.2) is 4.39 Å². The molecule has 6 heteroatoms. The van der Waals surface area contributed by atoms with Crippen LogP contribution >= 0.6 is 0 Å². The monoisotopic (exact) mass is 370 g/mol. The van der Waals surface area contributed by atoms with Crippen molar-refractivity contribution in [3.05, 3.63) is 59.9 Å². The van der Waals surface area contributed by atoms with Gasteiger partial charge in [0.1, 0.15) is 5.82 Å². The number of anilines is 2. The maximum atomic E-state index is 13.0. The Morgan fingerprint density at radius 1 is 1.04 bits per heavy atom. The first kappa shape index (κ1) is 19.0. The second-order valence-electron chi connectivity index (χ2n) is 6.97. The van der Waals surface area contributed by atoms with Gasteiger partial charge < -0.3 is 15.1 Å². The highest BCUT2D eigenvalue weighted by molar-refractivity contribution is 5.94. The van der Waals surface area contributed by atoms with Crippen molar-refractivity contribution in [1.82, 2.24) is 0 Å². The van der Waals surface area contributed by atoms with Crippen LogP contribution in [0, 0.1) is 5.82 Å². The molecule has 1 saturated heterocycles. The molecule has 0 unspecified atom stereocenters. The molecule has 1 fully saturated rings. The fourth-order valence-electron chi connectivity index (χ4n) is 3.36. The molecule has 2 aromatic carbocycles. The van der Waals surface area contributed by atoms with Crippen molar-refractivity contribution in [3.63, 3.8) is 0 Å². The van der Waals surface area contributed by atoms with Crippen molar-refractivity contribution < 1.29 is 18.9 Å². The number of Topliss-reactive ketones (excluding diaryl/α,β-unsaturated/α-hetero) is 1. The van der Waals surface area contributed by atoms with E-state index in [1.165, 1.54) is 17.0 Å². The third-order valence-corrected chi connectivity index (χ3v) is 5.16. The van der Waals surface area contributed by atoms with Crippen LogP contribution in [-0.2, 0) is 4.79 Å². The number of hydrogen-bond donors (Lipinski definition) is 2. The molecule has 1 heterocycles. The smallest absolute Gasteiger partial charge is 0.282 e. The van der Waals surface area contributed by atoms with Crippen LogP contribution in [-0.4, -0.2) is 43.9 Å². The van der Waals surface area contributed by atoms with E-state index in [0.717, 1.165) is 31.9 Å². The van der Waals surface area contributed by atoms with Gasteiger partial charge >= 0.3 is 0 Å². The SMILES string of the molecule is CC(=O)c1ccc(N2CC[NH+]([C@@H](C)C(=O)Nc3ccc(F)cc3)CC2)cc1. The summed E-state index contributed by atoms with van der Waals surface area (Å²) in [6, 6.07) is 13.3. The third-order valence-electron chi connectivity index (χ3n) is 5.16. The maximum absolute atomic E-state index is 13.0. The quantitative estimate of drug-likeness (QED) is 0.789. The van der Waals surface area contributed by atoms with Crippen LogP contribution in [0.1, 0.15) is 24.2 Å². The van der Waals surface area contributed by atoms with Crippen molar-refractivity contribution in [2.45, 2.75) is 19.9 Å². The Bertz CT molecular complexity index is 797. The number of rotatable bonds is 5. The number of nitrogens with one attached hydrogen (secondary N) is 2. The lowest BCUT2D eigenvalue weighted by atomic mass is 10.1. The van der Waals surface area contributed by atoms with Gasteiger partial charge in [0, 0.05) is 16.9 Å². The minimum absolute atomic E-state index is 0.0594. The summed E-state index contributed by atoms with van der Waals surface area (Å²) in [5.41, 5.74) is 2.42. The number of amides is 1. The molecule has 2 N–H and O–H groups in total. The maximum Gasteiger partial charge on any atom is 0.282 e. The van der Waals surface area contributed by atoms with Crippen molar-refractivity contribution >= 4 is 23.1 Å². The van der Waals surface area contributed by atoms with E-state index in [0.29, 0.717) is 11.3 Å². The van der Waals surface area contributed by atoms with Crippen LogP contribution in [0.5, 0.6) is 0 Å². The minimum Gasteiger partial charge on any atom is -0.360 e. The summed E-state index contributed by atoms with van der Waals surface area (Å²) in [6.07, 6.45) is 0. The van der Waals surface area contributed by atoms with Crippen molar-refractivity contribution in [3.8, 4) is 0 Å². The van der Waals surface area contributed by atoms with Gasteiger partial charge in [0.15, 0.2) is 11.8 Å². The number of hydrogen-bond acceptors (Lipinski definition) is 3. The van der Waals surface area contributed by atoms with Crippen LogP contribution in [0.2, 0.25) is 0 Å². The number of quaternary nitrogens is 1. The van der Waals surface area contributed by atoms with E-state index in [9.17, 15) is 14.0 Å². The van der Waals surface area contributed by atoms with Crippen LogP contribution in [0.4, 0.5) is 15.8 Å². The van der Waals surface area contributed by atoms with Gasteiger partial charge in [0.05, 0.1) is 26.2 Å². The van der Waals surface area contributed by atoms with Crippen LogP contribution in [0.15, 0.2) is 48.5 Å². The summed E-state index contributed by atoms with van der Waals surface area (Å²) >= 11 is 0. The van der Waals surface area contributed by atoms with Gasteiger partial charge in [0.2, 0.25) is 0 Å². The molecule has 3 rings (SSSR count). The Morgan fingerprint density at radius 2 is 1.63 bits per heavy atom. The van der Waals surface area contributed by atoms with Crippen LogP contribution in [0.25, 0.3) is 0 Å². The summed E-state index contributed by atoms with van der Waals surface area (Å²) in [7, 11) is 0. The lowest BCUT2D eigenvalue weighted by Gasteiger charge is -2.36. The highest BCUT2D eigenvalue weighted by Gasteiger charge is 2.29. The molecule has 0 aliphatic carbocycles. The highest BCUT2D eigenvalue weighted by Crippen LogP contribution is 2.15. The first-order chi connectivity index (χ1) is 12.9. The molecule has 2 aromatic rings. The van der Waals surface area contributed by atoms with Crippen LogP contribution in [0.3, 0.4) is 0 Å². The summed E-state index contributed by atoms with van der Waals surface area (Å²) in [6.45, 7) is 6.89. The van der Waals surface area contributed by atoms with Crippen molar-refractivity contribution in [2.75, 3.05) is 36.4 Å². The molecule has 0 spiro atoms. The molecule has 1 amide bonds. The standard InChI is InChI=1S/C21H24FN3O2/c1-15(21(27)23-19-7-5-18(22)6-8-19)24-11-13-25(14-12-24)20-9-3-17(4-10-20)16(2)26/h3-10,15H,11-14H2,1-2H3,(H,23,27)/p+1/t15-/m0/s1. The number of ketones is 1. The second-order valence-corrected chi connectivity index (χ2v) is 6.97. The largest absolute Gasteiger partial charge is 0.360 e. The zero-order valence-electron chi connectivity index (χ0n) is 15.7. The molecular weight excluding hydrogens is 345 g/mol. The third kappa shape index (κ3) is 4.71. The Morgan fingerprint density at radius 3 is 2.19 bits per heavy atom. The zero-order chi connectivity index (χ0) is 19.4. The van der Waals surface area contributed by atoms with E-state index in [1.54, 1.807) is 19.1 Å². The molecule has 0 bridgehead atoms. The van der Waals surface area contributed by atoms with Gasteiger partial charge in [-0.05, 0) is 62.4 Å². The molecule has 1 aliphatic heterocycles. The zero-order valence-corrected chi connectivity index (χ0v) is 15.7. The summed E-state index contributed by atoms with van der Waals surface area (Å²) < 4.78 is 13.0. The Hall–Kier alpha value is -2.73. The number of benzene rings is 2. The van der Waals surface area contributed by atoms with Crippen LogP contribution < -0.4 is 15.1 Å². The molecule has 1 aliphatic rings. The fourth-order valence-corrected chi connectivity index (χ4v) is 3.36. The molecule has 5 nitrogen and oxygen atoms in total. The average molecular weight is 370 g/mol. The fraction of sp³-hybridized carbons (Fsp3) is 0.333. The average Bonchev–Trinajstić information content (AvgIpc) is 2.69. The lowest BCUT2D eigenvalue weighted by Crippen LogP contribution is -3.19. The van der Waals surface area contributed by atoms with Gasteiger partial charge in [-0.1, -0.05) is 0 Å². The first-order valence-electron chi connectivity index (χ1n) is 9.21. The minimum atomic E-state index is -0.320. The Kier molecular flexibility index (Phi) is 5.86. The van der Waals surface area contributed by atoms with Crippen molar-refractivity contribution in [2.24, 2.45) is 0 Å². The van der Waals surface area contributed by atoms with E-state index in [-0.39, 0.29) is 23.5 Å². The normalized spacial score (nSPS) is 16.0. The number of carbonyl (C=O) groups excluding carboxylic acids is 2. The van der Waals surface area contributed by atoms with Gasteiger partial charge in [0.25, 0.3) is 5.91 Å². The predicted molar refractivity (Wildman–Crippen MR) is 104 cm³/mol. The number of halogens is 1. The van der Waals surface area contributed by atoms with Gasteiger partial charge in [-0.2, -0.15) is 0 Å². The predicted octanol–water partition coefficient (Wildman–Crippen LogP) is 1.76. The summed E-state index contributed by atoms with van der Waals surface area (Å²) in [4.78, 5) is 27.4. The van der Waals surface area contributed by atoms with E-state index >= 15 is 0 Å². The molecule has 0 radical (unpaired) electrons. The first-order valence-corrected chi connectivity index (χ1v) is 9.21. The number of piperazine rings is 1. The second kappa shape index (κ2) is 8.31. The van der Waals surface area contributed by atoms with E-state index < -0.39 is 0 Å². The van der Waals surface area contributed by atoms with E-state index in [2.05, 4.69) is 10.2 Å². The molecule has 27 heavy (non-hydrogen) atoms. The highest BCUT2D eigenvalue weighted by atomic mass is 19.1. The lowest BCUT2D eigenvalue weighted by molar-refractivity contribution is -0.914. The molecule has 142 valence electrons. The topological polar surface area (TPSA) is 53.9 Å². The number of carbonyl (C=O) groups is 2. The molecule has 0 aromatic heterocycles. The summed E-state index contributed by atoms with van der Waals surface area (Å²) in [5.74, 6) is -0.313.